The van der Waals surface area contributed by atoms with Crippen LogP contribution >= 0.6 is 0 Å². The number of carbonyl (C=O) groups is 4. The van der Waals surface area contributed by atoms with Gasteiger partial charge in [0.25, 0.3) is 0 Å². The third-order valence-corrected chi connectivity index (χ3v) is 4.85. The van der Waals surface area contributed by atoms with Gasteiger partial charge in [0, 0.05) is 6.04 Å². The number of nitrogens with two attached hydrogens (primary N) is 1. The van der Waals surface area contributed by atoms with Gasteiger partial charge in [0.15, 0.2) is 0 Å². The molecule has 1 rings (SSSR count). The van der Waals surface area contributed by atoms with Crippen LogP contribution in [-0.4, -0.2) is 52.9 Å². The lowest BCUT2D eigenvalue weighted by Gasteiger charge is -2.34. The van der Waals surface area contributed by atoms with Crippen LogP contribution in [0.5, 0.6) is 0 Å². The normalized spacial score (nSPS) is 12.8. The van der Waals surface area contributed by atoms with Crippen LogP contribution in [0.15, 0.2) is 18.2 Å². The van der Waals surface area contributed by atoms with Crippen molar-refractivity contribution in [1.82, 2.24) is 15.5 Å². The van der Waals surface area contributed by atoms with Crippen molar-refractivity contribution in [3.05, 3.63) is 34.9 Å². The highest BCUT2D eigenvalue weighted by atomic mass is 16.6. The fourth-order valence-electron chi connectivity index (χ4n) is 3.31. The van der Waals surface area contributed by atoms with Gasteiger partial charge in [-0.3, -0.25) is 14.4 Å². The molecule has 10 nitrogen and oxygen atoms in total. The molecule has 186 valence electrons. The van der Waals surface area contributed by atoms with E-state index in [9.17, 15) is 24.4 Å². The van der Waals surface area contributed by atoms with Gasteiger partial charge in [-0.1, -0.05) is 18.2 Å². The molecule has 0 spiro atoms. The van der Waals surface area contributed by atoms with Gasteiger partial charge in [-0.05, 0) is 65.2 Å². The molecule has 0 fully saturated rings. The summed E-state index contributed by atoms with van der Waals surface area (Å²) in [5, 5.41) is 14.6. The Balaban J connectivity index is 3.53. The van der Waals surface area contributed by atoms with E-state index in [4.69, 9.17) is 10.5 Å². The highest BCUT2D eigenvalue weighted by molar-refractivity contribution is 5.94. The van der Waals surface area contributed by atoms with E-state index in [-0.39, 0.29) is 6.04 Å². The summed E-state index contributed by atoms with van der Waals surface area (Å²) in [4.78, 5) is 52.0. The van der Waals surface area contributed by atoms with Crippen molar-refractivity contribution in [2.24, 2.45) is 5.73 Å². The number of aryl methyl sites for hydroxylation is 1. The Hall–Kier alpha value is -3.61. The minimum absolute atomic E-state index is 0.236. The number of nitrogens with zero attached hydrogens (tertiary/aromatic N) is 2. The Bertz CT molecular complexity index is 961. The summed E-state index contributed by atoms with van der Waals surface area (Å²) in [6.07, 6.45) is -1.47. The summed E-state index contributed by atoms with van der Waals surface area (Å²) >= 11 is 0. The van der Waals surface area contributed by atoms with E-state index < -0.39 is 54.5 Å². The Morgan fingerprint density at radius 1 is 1.15 bits per heavy atom. The molecule has 0 saturated carbocycles. The Morgan fingerprint density at radius 2 is 1.76 bits per heavy atom. The first-order chi connectivity index (χ1) is 15.7. The van der Waals surface area contributed by atoms with Crippen molar-refractivity contribution < 1.29 is 23.9 Å². The minimum atomic E-state index is -1.43. The SMILES string of the molecule is Cc1cccc(C(C(=O)NC(C)C)N(CC#N)C(=O)C(CC(N)=O)NC(=O)OC(C)(C)C)c1C. The molecule has 0 aromatic heterocycles. The minimum Gasteiger partial charge on any atom is -0.444 e. The molecule has 0 radical (unpaired) electrons. The number of primary amides is 1. The van der Waals surface area contributed by atoms with Crippen LogP contribution in [-0.2, 0) is 19.1 Å². The van der Waals surface area contributed by atoms with Crippen molar-refractivity contribution in [2.45, 2.75) is 78.6 Å². The summed E-state index contributed by atoms with van der Waals surface area (Å²) in [5.41, 5.74) is 6.66. The quantitative estimate of drug-likeness (QED) is 0.466. The Morgan fingerprint density at radius 3 is 2.26 bits per heavy atom. The molecular weight excluding hydrogens is 438 g/mol. The van der Waals surface area contributed by atoms with Crippen LogP contribution in [0.3, 0.4) is 0 Å². The number of nitrogens with one attached hydrogen (secondary N) is 2. The summed E-state index contributed by atoms with van der Waals surface area (Å²) in [6.45, 7) is 11.7. The average molecular weight is 474 g/mol. The molecule has 4 amide bonds. The monoisotopic (exact) mass is 473 g/mol. The first kappa shape index (κ1) is 28.4. The molecule has 0 bridgehead atoms. The van der Waals surface area contributed by atoms with Crippen molar-refractivity contribution >= 4 is 23.8 Å². The highest BCUT2D eigenvalue weighted by Gasteiger charge is 2.37. The van der Waals surface area contributed by atoms with Gasteiger partial charge in [-0.2, -0.15) is 5.26 Å². The van der Waals surface area contributed by atoms with E-state index in [1.54, 1.807) is 46.8 Å². The first-order valence-corrected chi connectivity index (χ1v) is 11.0. The number of benzene rings is 1. The van der Waals surface area contributed by atoms with E-state index in [0.29, 0.717) is 5.56 Å². The number of hydrogen-bond acceptors (Lipinski definition) is 6. The Kier molecular flexibility index (Phi) is 10.0. The lowest BCUT2D eigenvalue weighted by molar-refractivity contribution is -0.142. The molecule has 1 aromatic carbocycles. The number of amides is 4. The molecule has 34 heavy (non-hydrogen) atoms. The summed E-state index contributed by atoms with van der Waals surface area (Å²) in [7, 11) is 0. The molecule has 2 atom stereocenters. The standard InChI is InChI=1S/C24H35N5O5/c1-14(2)27-21(31)20(17-10-8-9-15(3)16(17)4)29(12-11-25)22(32)18(13-19(26)30)28-23(33)34-24(5,6)7/h8-10,14,18,20H,12-13H2,1-7H3,(H2,26,30)(H,27,31)(H,28,33). The number of alkyl carbamates (subject to hydrolysis) is 1. The number of carbonyl (C=O) groups excluding carboxylic acids is 4. The van der Waals surface area contributed by atoms with Crippen LogP contribution in [0.1, 0.15) is 63.8 Å². The van der Waals surface area contributed by atoms with Crippen molar-refractivity contribution in [2.75, 3.05) is 6.54 Å². The molecule has 0 aliphatic heterocycles. The van der Waals surface area contributed by atoms with Gasteiger partial charge < -0.3 is 26.0 Å². The fraction of sp³-hybridized carbons (Fsp3) is 0.542. The van der Waals surface area contributed by atoms with E-state index in [2.05, 4.69) is 10.6 Å². The van der Waals surface area contributed by atoms with E-state index in [0.717, 1.165) is 16.0 Å². The van der Waals surface area contributed by atoms with Gasteiger partial charge in [0.1, 0.15) is 24.2 Å². The third-order valence-electron chi connectivity index (χ3n) is 4.85. The van der Waals surface area contributed by atoms with Gasteiger partial charge in [-0.25, -0.2) is 4.79 Å². The molecule has 1 aromatic rings. The molecule has 0 heterocycles. The second-order valence-electron chi connectivity index (χ2n) is 9.35. The Labute approximate surface area is 200 Å². The maximum Gasteiger partial charge on any atom is 0.408 e. The smallest absolute Gasteiger partial charge is 0.408 e. The molecule has 0 aliphatic carbocycles. The molecule has 4 N–H and O–H groups in total. The lowest BCUT2D eigenvalue weighted by atomic mass is 9.94. The zero-order valence-electron chi connectivity index (χ0n) is 20.9. The lowest BCUT2D eigenvalue weighted by Crippen LogP contribution is -2.54. The highest BCUT2D eigenvalue weighted by Crippen LogP contribution is 2.27. The number of ether oxygens (including phenoxy) is 1. The number of hydrogen-bond donors (Lipinski definition) is 3. The van der Waals surface area contributed by atoms with Gasteiger partial charge in [0.05, 0.1) is 12.5 Å². The van der Waals surface area contributed by atoms with Crippen LogP contribution in [0.2, 0.25) is 0 Å². The van der Waals surface area contributed by atoms with Crippen LogP contribution in [0, 0.1) is 25.2 Å². The van der Waals surface area contributed by atoms with E-state index in [1.165, 1.54) is 0 Å². The third kappa shape index (κ3) is 8.39. The summed E-state index contributed by atoms with van der Waals surface area (Å²) < 4.78 is 5.20. The zero-order valence-corrected chi connectivity index (χ0v) is 20.9. The fourth-order valence-corrected chi connectivity index (χ4v) is 3.31. The maximum atomic E-state index is 13.6. The predicted molar refractivity (Wildman–Crippen MR) is 126 cm³/mol. The van der Waals surface area contributed by atoms with Crippen LogP contribution in [0.25, 0.3) is 0 Å². The molecule has 2 unspecified atom stereocenters. The number of rotatable bonds is 9. The average Bonchev–Trinajstić information content (AvgIpc) is 2.67. The molecule has 10 heteroatoms. The van der Waals surface area contributed by atoms with Crippen LogP contribution < -0.4 is 16.4 Å². The van der Waals surface area contributed by atoms with Gasteiger partial charge in [0.2, 0.25) is 17.7 Å². The molecule has 0 saturated heterocycles. The summed E-state index contributed by atoms with van der Waals surface area (Å²) in [5.74, 6) is -2.15. The van der Waals surface area contributed by atoms with Crippen molar-refractivity contribution in [3.8, 4) is 6.07 Å². The first-order valence-electron chi connectivity index (χ1n) is 11.0. The second-order valence-corrected chi connectivity index (χ2v) is 9.35. The second kappa shape index (κ2) is 12.0. The molecular formula is C24H35N5O5. The van der Waals surface area contributed by atoms with E-state index >= 15 is 0 Å². The maximum absolute atomic E-state index is 13.6. The van der Waals surface area contributed by atoms with Crippen molar-refractivity contribution in [3.63, 3.8) is 0 Å². The van der Waals surface area contributed by atoms with Crippen LogP contribution in [0.4, 0.5) is 4.79 Å². The van der Waals surface area contributed by atoms with E-state index in [1.807, 2.05) is 26.0 Å². The van der Waals surface area contributed by atoms with Gasteiger partial charge >= 0.3 is 6.09 Å². The number of nitriles is 1. The van der Waals surface area contributed by atoms with Crippen molar-refractivity contribution in [1.29, 1.82) is 5.26 Å². The predicted octanol–water partition coefficient (Wildman–Crippen LogP) is 1.99. The molecule has 0 aliphatic rings. The topological polar surface area (TPSA) is 155 Å². The largest absolute Gasteiger partial charge is 0.444 e. The summed E-state index contributed by atoms with van der Waals surface area (Å²) in [6, 6.07) is 4.39. The zero-order chi connectivity index (χ0) is 26.2. The van der Waals surface area contributed by atoms with Gasteiger partial charge in [-0.15, -0.1) is 0 Å².